The second kappa shape index (κ2) is 56.2. The molecular weight excluding hydrogens is 783 g/mol. The monoisotopic (exact) mass is 900 g/mol. The third-order valence-corrected chi connectivity index (χ3v) is 13.9. The van der Waals surface area contributed by atoms with Crippen molar-refractivity contribution in [3.05, 3.63) is 24.3 Å². The Labute approximate surface area is 402 Å². The van der Waals surface area contributed by atoms with Crippen LogP contribution in [0.2, 0.25) is 0 Å². The van der Waals surface area contributed by atoms with E-state index in [1.165, 1.54) is 289 Å². The van der Waals surface area contributed by atoms with Gasteiger partial charge in [-0.3, -0.25) is 4.79 Å². The van der Waals surface area contributed by atoms with Gasteiger partial charge >= 0.3 is 0 Å². The first-order valence-electron chi connectivity index (χ1n) is 29.6. The molecule has 4 nitrogen and oxygen atoms in total. The van der Waals surface area contributed by atoms with Crippen molar-refractivity contribution >= 4 is 5.91 Å². The van der Waals surface area contributed by atoms with E-state index in [1.807, 2.05) is 6.08 Å². The molecule has 0 fully saturated rings. The molecule has 0 saturated carbocycles. The van der Waals surface area contributed by atoms with Gasteiger partial charge in [-0.05, 0) is 44.9 Å². The highest BCUT2D eigenvalue weighted by Gasteiger charge is 2.18. The van der Waals surface area contributed by atoms with Crippen LogP contribution in [-0.2, 0) is 4.79 Å². The molecular formula is C60H117NO3. The quantitative estimate of drug-likeness (QED) is 0.0421. The maximum Gasteiger partial charge on any atom is 0.220 e. The number of hydrogen-bond acceptors (Lipinski definition) is 3. The van der Waals surface area contributed by atoms with Gasteiger partial charge in [-0.1, -0.05) is 308 Å². The number of aliphatic hydroxyl groups excluding tert-OH is 2. The number of carbonyl (C=O) groups is 1. The van der Waals surface area contributed by atoms with Crippen molar-refractivity contribution in [2.45, 2.75) is 347 Å². The maximum atomic E-state index is 12.5. The molecule has 0 aliphatic heterocycles. The van der Waals surface area contributed by atoms with Crippen molar-refractivity contribution in [1.29, 1.82) is 0 Å². The minimum Gasteiger partial charge on any atom is -0.394 e. The van der Waals surface area contributed by atoms with Crippen molar-refractivity contribution in [1.82, 2.24) is 5.32 Å². The second-order valence-electron chi connectivity index (χ2n) is 20.4. The highest BCUT2D eigenvalue weighted by atomic mass is 16.3. The predicted molar refractivity (Wildman–Crippen MR) is 286 cm³/mol. The molecule has 0 aromatic rings. The van der Waals surface area contributed by atoms with Crippen molar-refractivity contribution in [2.24, 2.45) is 0 Å². The number of nitrogens with one attached hydrogen (secondary N) is 1. The number of rotatable bonds is 55. The summed E-state index contributed by atoms with van der Waals surface area (Å²) in [6, 6.07) is -0.620. The van der Waals surface area contributed by atoms with E-state index in [1.54, 1.807) is 6.08 Å². The number of hydrogen-bond donors (Lipinski definition) is 3. The van der Waals surface area contributed by atoms with E-state index in [4.69, 9.17) is 0 Å². The molecule has 380 valence electrons. The lowest BCUT2D eigenvalue weighted by atomic mass is 10.0. The van der Waals surface area contributed by atoms with Crippen molar-refractivity contribution in [3.63, 3.8) is 0 Å². The lowest BCUT2D eigenvalue weighted by molar-refractivity contribution is -0.123. The van der Waals surface area contributed by atoms with E-state index < -0.39 is 12.1 Å². The van der Waals surface area contributed by atoms with Crippen LogP contribution in [0.1, 0.15) is 335 Å². The molecule has 0 radical (unpaired) electrons. The summed E-state index contributed by atoms with van der Waals surface area (Å²) in [6.07, 6.45) is 75.0. The molecule has 0 heterocycles. The van der Waals surface area contributed by atoms with E-state index in [-0.39, 0.29) is 12.5 Å². The first-order chi connectivity index (χ1) is 31.7. The maximum absolute atomic E-state index is 12.5. The third kappa shape index (κ3) is 51.8. The number of allylic oxidation sites excluding steroid dienone is 3. The topological polar surface area (TPSA) is 69.6 Å². The fourth-order valence-corrected chi connectivity index (χ4v) is 9.41. The summed E-state index contributed by atoms with van der Waals surface area (Å²) >= 11 is 0. The molecule has 0 aromatic heterocycles. The van der Waals surface area contributed by atoms with Gasteiger partial charge in [-0.2, -0.15) is 0 Å². The molecule has 0 aromatic carbocycles. The molecule has 0 bridgehead atoms. The van der Waals surface area contributed by atoms with Crippen LogP contribution in [0.15, 0.2) is 24.3 Å². The molecule has 2 atom stereocenters. The SMILES string of the molecule is CCCCCCCCCC/C=C\CCCCCCCCCCCCCCCCCCCCCC(=O)NC(CO)C(O)/C=C/CCCCCCCCCCCCCCCCCCCCC. The van der Waals surface area contributed by atoms with Crippen molar-refractivity contribution in [3.8, 4) is 0 Å². The number of carbonyl (C=O) groups excluding carboxylic acids is 1. The molecule has 1 amide bonds. The van der Waals surface area contributed by atoms with Gasteiger partial charge in [0.1, 0.15) is 0 Å². The fourth-order valence-electron chi connectivity index (χ4n) is 9.41. The Morgan fingerprint density at radius 1 is 0.359 bits per heavy atom. The van der Waals surface area contributed by atoms with Gasteiger partial charge in [0.2, 0.25) is 5.91 Å². The Morgan fingerprint density at radius 3 is 0.859 bits per heavy atom. The summed E-state index contributed by atoms with van der Waals surface area (Å²) in [7, 11) is 0. The Morgan fingerprint density at radius 2 is 0.594 bits per heavy atom. The van der Waals surface area contributed by atoms with Gasteiger partial charge in [-0.15, -0.1) is 0 Å². The van der Waals surface area contributed by atoms with E-state index >= 15 is 0 Å². The van der Waals surface area contributed by atoms with Gasteiger partial charge < -0.3 is 15.5 Å². The Hall–Kier alpha value is -1.13. The second-order valence-corrected chi connectivity index (χ2v) is 20.4. The Balaban J connectivity index is 3.43. The smallest absolute Gasteiger partial charge is 0.220 e. The van der Waals surface area contributed by atoms with Crippen LogP contribution in [0.4, 0.5) is 0 Å². The van der Waals surface area contributed by atoms with Crippen LogP contribution in [-0.4, -0.2) is 34.9 Å². The third-order valence-electron chi connectivity index (χ3n) is 13.9. The zero-order valence-corrected chi connectivity index (χ0v) is 43.8. The van der Waals surface area contributed by atoms with E-state index in [0.29, 0.717) is 6.42 Å². The van der Waals surface area contributed by atoms with Crippen molar-refractivity contribution < 1.29 is 15.0 Å². The van der Waals surface area contributed by atoms with Crippen LogP contribution in [0.25, 0.3) is 0 Å². The molecule has 64 heavy (non-hydrogen) atoms. The van der Waals surface area contributed by atoms with Crippen LogP contribution < -0.4 is 5.32 Å². The van der Waals surface area contributed by atoms with E-state index in [0.717, 1.165) is 25.7 Å². The van der Waals surface area contributed by atoms with E-state index in [9.17, 15) is 15.0 Å². The predicted octanol–water partition coefficient (Wildman–Crippen LogP) is 19.5. The zero-order valence-electron chi connectivity index (χ0n) is 43.8. The normalized spacial score (nSPS) is 12.9. The van der Waals surface area contributed by atoms with Gasteiger partial charge in [0.25, 0.3) is 0 Å². The standard InChI is InChI=1S/C60H117NO3/c1-3-5-7-9-11-13-15-17-19-21-23-25-26-27-28-29-30-31-32-33-34-36-38-40-42-44-46-48-50-52-54-56-60(64)61-58(57-62)59(63)55-53-51-49-47-45-43-41-39-37-35-24-22-20-18-16-14-12-10-8-6-4-2/h21,23,53,55,58-59,62-63H,3-20,22,24-52,54,56-57H2,1-2H3,(H,61,64)/b23-21-,55-53+. The molecule has 4 heteroatoms. The first kappa shape index (κ1) is 62.9. The Bertz CT molecular complexity index is 932. The fraction of sp³-hybridized carbons (Fsp3) is 0.917. The molecule has 0 aliphatic carbocycles. The molecule has 0 rings (SSSR count). The minimum atomic E-state index is -0.837. The largest absolute Gasteiger partial charge is 0.394 e. The zero-order chi connectivity index (χ0) is 46.3. The molecule has 2 unspecified atom stereocenters. The molecule has 0 aliphatic rings. The Kier molecular flexibility index (Phi) is 55.2. The summed E-state index contributed by atoms with van der Waals surface area (Å²) in [5, 5.41) is 23.2. The van der Waals surface area contributed by atoms with Gasteiger partial charge in [-0.25, -0.2) is 0 Å². The van der Waals surface area contributed by atoms with Gasteiger partial charge in [0.05, 0.1) is 18.8 Å². The summed E-state index contributed by atoms with van der Waals surface area (Å²) in [5.74, 6) is -0.0567. The molecule has 0 spiro atoms. The minimum absolute atomic E-state index is 0.0567. The molecule has 3 N–H and O–H groups in total. The summed E-state index contributed by atoms with van der Waals surface area (Å²) < 4.78 is 0. The number of amides is 1. The highest BCUT2D eigenvalue weighted by Crippen LogP contribution is 2.18. The average molecular weight is 901 g/mol. The lowest BCUT2D eigenvalue weighted by Gasteiger charge is -2.20. The van der Waals surface area contributed by atoms with E-state index in [2.05, 4.69) is 31.3 Å². The first-order valence-corrected chi connectivity index (χ1v) is 29.6. The summed E-state index contributed by atoms with van der Waals surface area (Å²) in [4.78, 5) is 12.5. The van der Waals surface area contributed by atoms with Gasteiger partial charge in [0.15, 0.2) is 0 Å². The van der Waals surface area contributed by atoms with Crippen LogP contribution in [0, 0.1) is 0 Å². The highest BCUT2D eigenvalue weighted by molar-refractivity contribution is 5.76. The van der Waals surface area contributed by atoms with Crippen LogP contribution in [0.3, 0.4) is 0 Å². The summed E-state index contributed by atoms with van der Waals surface area (Å²) in [6.45, 7) is 4.35. The van der Waals surface area contributed by atoms with Crippen LogP contribution in [0.5, 0.6) is 0 Å². The molecule has 0 saturated heterocycles. The average Bonchev–Trinajstić information content (AvgIpc) is 3.30. The van der Waals surface area contributed by atoms with Gasteiger partial charge in [0, 0.05) is 6.42 Å². The number of unbranched alkanes of at least 4 members (excludes halogenated alkanes) is 46. The number of aliphatic hydroxyl groups is 2. The van der Waals surface area contributed by atoms with Crippen LogP contribution >= 0.6 is 0 Å². The lowest BCUT2D eigenvalue weighted by Crippen LogP contribution is -2.45. The summed E-state index contributed by atoms with van der Waals surface area (Å²) in [5.41, 5.74) is 0. The van der Waals surface area contributed by atoms with Crippen molar-refractivity contribution in [2.75, 3.05) is 6.61 Å².